The van der Waals surface area contributed by atoms with E-state index in [9.17, 15) is 0 Å². The standard InChI is InChI=1S/C16H32N2/c1-4-10-18(11-14-6-7-14)13-16(3,5-2)12-17-15-8-9-15/h14-15,17H,4-13H2,1-3H3. The molecule has 0 aliphatic heterocycles. The predicted octanol–water partition coefficient (Wildman–Crippen LogP) is 3.28. The van der Waals surface area contributed by atoms with Crippen LogP contribution in [0.25, 0.3) is 0 Å². The van der Waals surface area contributed by atoms with Crippen LogP contribution >= 0.6 is 0 Å². The first-order valence-electron chi connectivity index (χ1n) is 8.11. The molecule has 1 unspecified atom stereocenters. The third-order valence-electron chi connectivity index (χ3n) is 4.61. The zero-order chi connectivity index (χ0) is 13.0. The molecule has 0 radical (unpaired) electrons. The largest absolute Gasteiger partial charge is 0.313 e. The van der Waals surface area contributed by atoms with Gasteiger partial charge in [0.1, 0.15) is 0 Å². The molecule has 0 amide bonds. The minimum absolute atomic E-state index is 0.465. The second-order valence-corrected chi connectivity index (χ2v) is 7.00. The molecular formula is C16H32N2. The van der Waals surface area contributed by atoms with E-state index in [4.69, 9.17) is 0 Å². The summed E-state index contributed by atoms with van der Waals surface area (Å²) >= 11 is 0. The quantitative estimate of drug-likeness (QED) is 0.642. The molecule has 0 aromatic carbocycles. The fourth-order valence-corrected chi connectivity index (χ4v) is 2.73. The van der Waals surface area contributed by atoms with Crippen molar-refractivity contribution in [1.82, 2.24) is 10.2 Å². The molecule has 18 heavy (non-hydrogen) atoms. The van der Waals surface area contributed by atoms with Crippen LogP contribution in [-0.4, -0.2) is 37.1 Å². The van der Waals surface area contributed by atoms with Gasteiger partial charge >= 0.3 is 0 Å². The van der Waals surface area contributed by atoms with Gasteiger partial charge in [-0.05, 0) is 56.4 Å². The molecule has 2 rings (SSSR count). The molecule has 2 aliphatic carbocycles. The molecular weight excluding hydrogens is 220 g/mol. The summed E-state index contributed by atoms with van der Waals surface area (Å²) < 4.78 is 0. The summed E-state index contributed by atoms with van der Waals surface area (Å²) in [6.45, 7) is 12.3. The summed E-state index contributed by atoms with van der Waals surface area (Å²) in [5.41, 5.74) is 0.465. The Morgan fingerprint density at radius 1 is 1.17 bits per heavy atom. The molecule has 2 saturated carbocycles. The molecule has 0 aromatic rings. The van der Waals surface area contributed by atoms with Crippen LogP contribution in [-0.2, 0) is 0 Å². The van der Waals surface area contributed by atoms with Crippen molar-refractivity contribution >= 4 is 0 Å². The lowest BCUT2D eigenvalue weighted by Crippen LogP contribution is -2.43. The lowest BCUT2D eigenvalue weighted by molar-refractivity contribution is 0.149. The van der Waals surface area contributed by atoms with E-state index < -0.39 is 0 Å². The molecule has 0 aromatic heterocycles. The Labute approximate surface area is 114 Å². The van der Waals surface area contributed by atoms with Gasteiger partial charge < -0.3 is 10.2 Å². The van der Waals surface area contributed by atoms with Crippen molar-refractivity contribution in [2.45, 2.75) is 65.3 Å². The van der Waals surface area contributed by atoms with Gasteiger partial charge in [-0.25, -0.2) is 0 Å². The summed E-state index contributed by atoms with van der Waals surface area (Å²) in [6.07, 6.45) is 8.34. The van der Waals surface area contributed by atoms with Crippen LogP contribution in [0.5, 0.6) is 0 Å². The molecule has 0 bridgehead atoms. The van der Waals surface area contributed by atoms with Crippen molar-refractivity contribution in [3.8, 4) is 0 Å². The van der Waals surface area contributed by atoms with Crippen molar-refractivity contribution in [1.29, 1.82) is 0 Å². The van der Waals surface area contributed by atoms with E-state index in [1.165, 1.54) is 64.7 Å². The summed E-state index contributed by atoms with van der Waals surface area (Å²) in [4.78, 5) is 2.73. The number of hydrogen-bond acceptors (Lipinski definition) is 2. The van der Waals surface area contributed by atoms with E-state index in [1.54, 1.807) is 0 Å². The van der Waals surface area contributed by atoms with Gasteiger partial charge in [-0.1, -0.05) is 20.8 Å². The highest BCUT2D eigenvalue weighted by molar-refractivity contribution is 4.87. The van der Waals surface area contributed by atoms with Gasteiger partial charge in [0, 0.05) is 25.7 Å². The Kier molecular flexibility index (Phi) is 5.08. The number of nitrogens with one attached hydrogen (secondary N) is 1. The van der Waals surface area contributed by atoms with Gasteiger partial charge in [0.05, 0.1) is 0 Å². The molecule has 2 heteroatoms. The summed E-state index contributed by atoms with van der Waals surface area (Å²) in [7, 11) is 0. The van der Waals surface area contributed by atoms with Crippen LogP contribution < -0.4 is 5.32 Å². The Bertz CT molecular complexity index is 245. The molecule has 2 nitrogen and oxygen atoms in total. The first kappa shape index (κ1) is 14.3. The van der Waals surface area contributed by atoms with Crippen LogP contribution in [0.1, 0.15) is 59.3 Å². The molecule has 2 fully saturated rings. The van der Waals surface area contributed by atoms with E-state index >= 15 is 0 Å². The highest BCUT2D eigenvalue weighted by Gasteiger charge is 2.31. The minimum atomic E-state index is 0.465. The molecule has 1 N–H and O–H groups in total. The molecule has 0 heterocycles. The monoisotopic (exact) mass is 252 g/mol. The van der Waals surface area contributed by atoms with E-state index in [-0.39, 0.29) is 0 Å². The van der Waals surface area contributed by atoms with Gasteiger partial charge in [-0.3, -0.25) is 0 Å². The van der Waals surface area contributed by atoms with Crippen molar-refractivity contribution in [3.05, 3.63) is 0 Å². The zero-order valence-electron chi connectivity index (χ0n) is 12.7. The van der Waals surface area contributed by atoms with Gasteiger partial charge in [-0.2, -0.15) is 0 Å². The maximum absolute atomic E-state index is 3.74. The molecule has 2 aliphatic rings. The first-order chi connectivity index (χ1) is 8.65. The normalized spacial score (nSPS) is 23.3. The third kappa shape index (κ3) is 4.89. The second kappa shape index (κ2) is 6.38. The summed E-state index contributed by atoms with van der Waals surface area (Å²) in [5.74, 6) is 1.02. The van der Waals surface area contributed by atoms with E-state index in [0.717, 1.165) is 12.0 Å². The van der Waals surface area contributed by atoms with E-state index in [2.05, 4.69) is 31.0 Å². The predicted molar refractivity (Wildman–Crippen MR) is 78.9 cm³/mol. The van der Waals surface area contributed by atoms with Crippen LogP contribution in [0, 0.1) is 11.3 Å². The maximum Gasteiger partial charge on any atom is 0.00684 e. The number of nitrogens with zero attached hydrogens (tertiary/aromatic N) is 1. The lowest BCUT2D eigenvalue weighted by atomic mass is 9.86. The third-order valence-corrected chi connectivity index (χ3v) is 4.61. The van der Waals surface area contributed by atoms with Crippen molar-refractivity contribution in [2.24, 2.45) is 11.3 Å². The highest BCUT2D eigenvalue weighted by Crippen LogP contribution is 2.32. The van der Waals surface area contributed by atoms with Crippen LogP contribution in [0.4, 0.5) is 0 Å². The van der Waals surface area contributed by atoms with Gasteiger partial charge in [-0.15, -0.1) is 0 Å². The Balaban J connectivity index is 1.78. The highest BCUT2D eigenvalue weighted by atomic mass is 15.1. The Morgan fingerprint density at radius 3 is 2.39 bits per heavy atom. The van der Waals surface area contributed by atoms with Crippen LogP contribution in [0.3, 0.4) is 0 Å². The Morgan fingerprint density at radius 2 is 1.89 bits per heavy atom. The first-order valence-corrected chi connectivity index (χ1v) is 8.11. The number of hydrogen-bond donors (Lipinski definition) is 1. The van der Waals surface area contributed by atoms with E-state index in [1.807, 2.05) is 0 Å². The van der Waals surface area contributed by atoms with Crippen LogP contribution in [0.15, 0.2) is 0 Å². The molecule has 0 spiro atoms. The number of rotatable bonds is 10. The van der Waals surface area contributed by atoms with Gasteiger partial charge in [0.15, 0.2) is 0 Å². The van der Waals surface area contributed by atoms with Gasteiger partial charge in [0.25, 0.3) is 0 Å². The molecule has 1 atom stereocenters. The average Bonchev–Trinajstić information content (AvgIpc) is 3.21. The SMILES string of the molecule is CCCN(CC1CC1)CC(C)(CC)CNC1CC1. The Hall–Kier alpha value is -0.0800. The average molecular weight is 252 g/mol. The topological polar surface area (TPSA) is 15.3 Å². The van der Waals surface area contributed by atoms with Crippen molar-refractivity contribution in [3.63, 3.8) is 0 Å². The minimum Gasteiger partial charge on any atom is -0.313 e. The summed E-state index contributed by atoms with van der Waals surface area (Å²) in [6, 6.07) is 0.846. The van der Waals surface area contributed by atoms with Crippen molar-refractivity contribution in [2.75, 3.05) is 26.2 Å². The van der Waals surface area contributed by atoms with E-state index in [0.29, 0.717) is 5.41 Å². The fourth-order valence-electron chi connectivity index (χ4n) is 2.73. The molecule has 106 valence electrons. The van der Waals surface area contributed by atoms with Crippen LogP contribution in [0.2, 0.25) is 0 Å². The van der Waals surface area contributed by atoms with Gasteiger partial charge in [0.2, 0.25) is 0 Å². The smallest absolute Gasteiger partial charge is 0.00684 e. The maximum atomic E-state index is 3.74. The summed E-state index contributed by atoms with van der Waals surface area (Å²) in [5, 5.41) is 3.74. The second-order valence-electron chi connectivity index (χ2n) is 7.00. The zero-order valence-corrected chi connectivity index (χ0v) is 12.7. The molecule has 0 saturated heterocycles. The lowest BCUT2D eigenvalue weighted by Gasteiger charge is -2.35. The van der Waals surface area contributed by atoms with Crippen molar-refractivity contribution < 1.29 is 0 Å². The fraction of sp³-hybridized carbons (Fsp3) is 1.00.